The van der Waals surface area contributed by atoms with E-state index in [0.29, 0.717) is 11.5 Å². The minimum atomic E-state index is -4.66. The first-order valence-corrected chi connectivity index (χ1v) is 11.1. The predicted molar refractivity (Wildman–Crippen MR) is 94.8 cm³/mol. The lowest BCUT2D eigenvalue weighted by molar-refractivity contribution is -0.645. The molecule has 4 bridgehead atoms. The predicted octanol–water partition coefficient (Wildman–Crippen LogP) is 3.48. The molecule has 5 fully saturated rings. The van der Waals surface area contributed by atoms with Crippen molar-refractivity contribution in [2.24, 2.45) is 17.8 Å². The number of alkyl halides is 1. The highest BCUT2D eigenvalue weighted by Crippen LogP contribution is 2.71. The third-order valence-electron chi connectivity index (χ3n) is 6.86. The van der Waals surface area contributed by atoms with Gasteiger partial charge in [-0.05, 0) is 62.0 Å². The highest BCUT2D eigenvalue weighted by Gasteiger charge is 2.78. The van der Waals surface area contributed by atoms with Crippen LogP contribution in [0.15, 0.2) is 24.3 Å². The summed E-state index contributed by atoms with van der Waals surface area (Å²) in [4.78, 5) is 29.6. The van der Waals surface area contributed by atoms with E-state index in [1.54, 1.807) is 19.2 Å². The van der Waals surface area contributed by atoms with Crippen LogP contribution in [0.3, 0.4) is 0 Å². The average molecular weight is 417 g/mol. The van der Waals surface area contributed by atoms with Crippen LogP contribution in [0.1, 0.15) is 37.7 Å². The van der Waals surface area contributed by atoms with Gasteiger partial charge in [0, 0.05) is 17.5 Å². The van der Waals surface area contributed by atoms with Gasteiger partial charge in [0.25, 0.3) is 5.79 Å². The van der Waals surface area contributed by atoms with Crippen molar-refractivity contribution in [1.29, 1.82) is 0 Å². The molecule has 4 saturated carbocycles. The second-order valence-corrected chi connectivity index (χ2v) is 10.4. The maximum absolute atomic E-state index is 11.2. The molecule has 2 N–H and O–H groups in total. The van der Waals surface area contributed by atoms with Gasteiger partial charge in [-0.2, -0.15) is 4.89 Å². The van der Waals surface area contributed by atoms with Crippen molar-refractivity contribution >= 4 is 19.4 Å². The number of hydrogen-bond donors (Lipinski definition) is 2. The molecule has 3 unspecified atom stereocenters. The molecule has 1 aromatic carbocycles. The highest BCUT2D eigenvalue weighted by atomic mass is 35.5. The molecule has 1 aromatic rings. The number of phosphoric ester groups is 1. The number of rotatable bonds is 4. The summed E-state index contributed by atoms with van der Waals surface area (Å²) >= 11 is 6.88. The molecule has 9 heteroatoms. The molecule has 7 nitrogen and oxygen atoms in total. The Hall–Kier alpha value is -0.660. The van der Waals surface area contributed by atoms with Gasteiger partial charge in [0.15, 0.2) is 5.60 Å². The van der Waals surface area contributed by atoms with Gasteiger partial charge in [-0.1, -0.05) is 12.1 Å². The summed E-state index contributed by atoms with van der Waals surface area (Å²) < 4.78 is 21.9. The Bertz CT molecular complexity index is 806. The van der Waals surface area contributed by atoms with Crippen LogP contribution in [0.25, 0.3) is 0 Å². The molecule has 6 rings (SSSR count). The third kappa shape index (κ3) is 2.50. The lowest BCUT2D eigenvalue weighted by Gasteiger charge is -2.70. The molecule has 1 aliphatic heterocycles. The number of hydrogen-bond acceptors (Lipinski definition) is 5. The molecule has 5 aliphatic rings. The molecule has 3 atom stereocenters. The Morgan fingerprint density at radius 2 is 1.89 bits per heavy atom. The molecule has 0 aromatic heterocycles. The van der Waals surface area contributed by atoms with Crippen molar-refractivity contribution in [3.63, 3.8) is 0 Å². The molecule has 1 spiro atoms. The molecule has 1 saturated heterocycles. The fourth-order valence-corrected chi connectivity index (χ4v) is 7.22. The Morgan fingerprint density at radius 1 is 1.19 bits per heavy atom. The van der Waals surface area contributed by atoms with E-state index in [1.165, 1.54) is 6.07 Å². The standard InChI is InChI=1S/C18H22ClO7P/c1-23-18(12-3-2-4-15(7-12)24-27(20,21)22)17(25-26-18)13-5-11-6-14(17)10-16(19,8-11)9-13/h2-4,7,11,13-14H,5-6,8-10H2,1H3,(H2,20,21,22). The second-order valence-electron chi connectivity index (χ2n) is 8.38. The first-order valence-electron chi connectivity index (χ1n) is 9.16. The smallest absolute Gasteiger partial charge is 0.404 e. The lowest BCUT2D eigenvalue weighted by atomic mass is 9.46. The Balaban J connectivity index is 1.56. The van der Waals surface area contributed by atoms with E-state index in [1.807, 2.05) is 6.07 Å². The average Bonchev–Trinajstić information content (AvgIpc) is 2.52. The van der Waals surface area contributed by atoms with E-state index in [4.69, 9.17) is 40.4 Å². The van der Waals surface area contributed by atoms with Gasteiger partial charge in [0.1, 0.15) is 5.75 Å². The van der Waals surface area contributed by atoms with Crippen LogP contribution >= 0.6 is 19.4 Å². The highest BCUT2D eigenvalue weighted by molar-refractivity contribution is 7.46. The van der Waals surface area contributed by atoms with Crippen molar-refractivity contribution in [2.45, 2.75) is 48.4 Å². The van der Waals surface area contributed by atoms with Gasteiger partial charge in [-0.15, -0.1) is 11.6 Å². The van der Waals surface area contributed by atoms with E-state index in [9.17, 15) is 4.57 Å². The molecular weight excluding hydrogens is 395 g/mol. The van der Waals surface area contributed by atoms with Crippen LogP contribution in [0.5, 0.6) is 5.75 Å². The van der Waals surface area contributed by atoms with E-state index in [2.05, 4.69) is 0 Å². The number of methoxy groups -OCH3 is 1. The third-order valence-corrected chi connectivity index (χ3v) is 7.78. The van der Waals surface area contributed by atoms with E-state index < -0.39 is 19.2 Å². The lowest BCUT2D eigenvalue weighted by Crippen LogP contribution is -2.78. The molecular formula is C18H22ClO7P. The van der Waals surface area contributed by atoms with Crippen molar-refractivity contribution in [1.82, 2.24) is 0 Å². The van der Waals surface area contributed by atoms with Gasteiger partial charge in [0.05, 0.1) is 0 Å². The van der Waals surface area contributed by atoms with Crippen LogP contribution in [-0.4, -0.2) is 27.4 Å². The largest absolute Gasteiger partial charge is 0.524 e. The maximum Gasteiger partial charge on any atom is 0.524 e. The van der Waals surface area contributed by atoms with Crippen LogP contribution in [-0.2, 0) is 24.9 Å². The Labute approximate surface area is 162 Å². The molecule has 0 radical (unpaired) electrons. The van der Waals surface area contributed by atoms with Crippen LogP contribution < -0.4 is 4.52 Å². The second kappa shape index (κ2) is 5.70. The van der Waals surface area contributed by atoms with Gasteiger partial charge in [-0.3, -0.25) is 9.79 Å². The molecule has 1 heterocycles. The Morgan fingerprint density at radius 3 is 2.41 bits per heavy atom. The van der Waals surface area contributed by atoms with Gasteiger partial charge in [0.2, 0.25) is 0 Å². The summed E-state index contributed by atoms with van der Waals surface area (Å²) in [6, 6.07) is 6.51. The van der Waals surface area contributed by atoms with Crippen molar-refractivity contribution in [3.05, 3.63) is 29.8 Å². The summed E-state index contributed by atoms with van der Waals surface area (Å²) in [5, 5.41) is 0. The van der Waals surface area contributed by atoms with Crippen molar-refractivity contribution < 1.29 is 33.4 Å². The molecule has 27 heavy (non-hydrogen) atoms. The first-order chi connectivity index (χ1) is 12.7. The Kier molecular flexibility index (Phi) is 3.88. The minimum Gasteiger partial charge on any atom is -0.404 e. The normalized spacial score (nSPS) is 45.1. The quantitative estimate of drug-likeness (QED) is 0.441. The van der Waals surface area contributed by atoms with Crippen molar-refractivity contribution in [3.8, 4) is 5.75 Å². The number of ether oxygens (including phenoxy) is 1. The van der Waals surface area contributed by atoms with Gasteiger partial charge in [-0.25, -0.2) is 9.45 Å². The fraction of sp³-hybridized carbons (Fsp3) is 0.667. The van der Waals surface area contributed by atoms with Crippen LogP contribution in [0.4, 0.5) is 0 Å². The fourth-order valence-electron chi connectivity index (χ4n) is 6.24. The van der Waals surface area contributed by atoms with Crippen LogP contribution in [0.2, 0.25) is 0 Å². The van der Waals surface area contributed by atoms with Crippen molar-refractivity contribution in [2.75, 3.05) is 7.11 Å². The summed E-state index contributed by atoms with van der Waals surface area (Å²) in [5.41, 5.74) is -0.0176. The number of halogens is 1. The zero-order chi connectivity index (χ0) is 19.1. The summed E-state index contributed by atoms with van der Waals surface area (Å²) in [7, 11) is -3.09. The molecule has 4 aliphatic carbocycles. The number of phosphoric acid groups is 1. The topological polar surface area (TPSA) is 94.5 Å². The maximum atomic E-state index is 11.2. The van der Waals surface area contributed by atoms with E-state index in [-0.39, 0.29) is 22.5 Å². The summed E-state index contributed by atoms with van der Waals surface area (Å²) in [6.45, 7) is 0. The molecule has 0 amide bonds. The first kappa shape index (κ1) is 18.4. The van der Waals surface area contributed by atoms with E-state index >= 15 is 0 Å². The summed E-state index contributed by atoms with van der Waals surface area (Å²) in [5.74, 6) is -0.0613. The van der Waals surface area contributed by atoms with E-state index in [0.717, 1.165) is 32.1 Å². The molecule has 148 valence electrons. The SMILES string of the molecule is COC1(c2cccc(OP(=O)(O)O)c2)OOC12C1CC3CC2CC(Cl)(C3)C1. The zero-order valence-electron chi connectivity index (χ0n) is 14.8. The monoisotopic (exact) mass is 416 g/mol. The minimum absolute atomic E-state index is 0.0561. The van der Waals surface area contributed by atoms with Gasteiger partial charge < -0.3 is 9.26 Å². The zero-order valence-corrected chi connectivity index (χ0v) is 16.5. The van der Waals surface area contributed by atoms with Crippen LogP contribution in [0, 0.1) is 17.8 Å². The number of benzene rings is 1. The summed E-state index contributed by atoms with van der Waals surface area (Å²) in [6.07, 6.45) is 4.82. The van der Waals surface area contributed by atoms with Gasteiger partial charge >= 0.3 is 7.82 Å².